The standard InChI is InChI=1S/C16H22ClNO3/c1-2-21-16(20)12-4-6-13(7-5-12)18-15-9-11(10-19)3-8-14(15)17/h3,8-9,12-13,18-19H,2,4-7,10H2,1H3. The fraction of sp³-hybridized carbons (Fsp3) is 0.562. The molecule has 5 heteroatoms. The number of esters is 1. The van der Waals surface area contributed by atoms with Crippen LogP contribution < -0.4 is 5.32 Å². The van der Waals surface area contributed by atoms with Gasteiger partial charge in [-0.05, 0) is 50.3 Å². The molecule has 21 heavy (non-hydrogen) atoms. The van der Waals surface area contributed by atoms with Crippen molar-refractivity contribution in [2.45, 2.75) is 45.3 Å². The summed E-state index contributed by atoms with van der Waals surface area (Å²) in [6.07, 6.45) is 3.52. The Bertz CT molecular complexity index is 484. The molecule has 1 aromatic rings. The summed E-state index contributed by atoms with van der Waals surface area (Å²) < 4.78 is 5.08. The van der Waals surface area contributed by atoms with Crippen molar-refractivity contribution < 1.29 is 14.6 Å². The molecule has 1 aliphatic carbocycles. The van der Waals surface area contributed by atoms with Crippen LogP contribution in [0.2, 0.25) is 5.02 Å². The van der Waals surface area contributed by atoms with Gasteiger partial charge in [-0.2, -0.15) is 0 Å². The molecule has 0 heterocycles. The molecule has 1 aliphatic rings. The maximum Gasteiger partial charge on any atom is 0.308 e. The largest absolute Gasteiger partial charge is 0.466 e. The second-order valence-electron chi connectivity index (χ2n) is 5.42. The fourth-order valence-electron chi connectivity index (χ4n) is 2.73. The number of rotatable bonds is 5. The number of ether oxygens (including phenoxy) is 1. The molecule has 0 aliphatic heterocycles. The lowest BCUT2D eigenvalue weighted by atomic mass is 9.86. The van der Waals surface area contributed by atoms with E-state index in [0.717, 1.165) is 36.9 Å². The maximum absolute atomic E-state index is 11.7. The van der Waals surface area contributed by atoms with Gasteiger partial charge in [0.05, 0.1) is 29.8 Å². The zero-order valence-electron chi connectivity index (χ0n) is 12.3. The van der Waals surface area contributed by atoms with Crippen molar-refractivity contribution in [3.05, 3.63) is 28.8 Å². The first-order chi connectivity index (χ1) is 10.1. The molecule has 0 bridgehead atoms. The van der Waals surface area contributed by atoms with Crippen LogP contribution in [0.5, 0.6) is 0 Å². The molecule has 0 saturated heterocycles. The van der Waals surface area contributed by atoms with Gasteiger partial charge in [-0.15, -0.1) is 0 Å². The van der Waals surface area contributed by atoms with Crippen molar-refractivity contribution in [3.8, 4) is 0 Å². The van der Waals surface area contributed by atoms with Crippen LogP contribution in [-0.2, 0) is 16.1 Å². The van der Waals surface area contributed by atoms with Gasteiger partial charge in [0.2, 0.25) is 0 Å². The van der Waals surface area contributed by atoms with Crippen molar-refractivity contribution >= 4 is 23.3 Å². The van der Waals surface area contributed by atoms with E-state index in [4.69, 9.17) is 16.3 Å². The first-order valence-corrected chi connectivity index (χ1v) is 7.84. The van der Waals surface area contributed by atoms with Crippen LogP contribution >= 0.6 is 11.6 Å². The van der Waals surface area contributed by atoms with Gasteiger partial charge in [0.15, 0.2) is 0 Å². The number of aliphatic hydroxyl groups is 1. The minimum absolute atomic E-state index is 0.00144. The van der Waals surface area contributed by atoms with Gasteiger partial charge in [-0.1, -0.05) is 17.7 Å². The van der Waals surface area contributed by atoms with E-state index in [1.54, 1.807) is 6.07 Å². The number of halogens is 1. The molecular formula is C16H22ClNO3. The van der Waals surface area contributed by atoms with Gasteiger partial charge >= 0.3 is 5.97 Å². The van der Waals surface area contributed by atoms with Crippen LogP contribution in [0.3, 0.4) is 0 Å². The summed E-state index contributed by atoms with van der Waals surface area (Å²) in [5.41, 5.74) is 1.69. The predicted octanol–water partition coefficient (Wildman–Crippen LogP) is 3.37. The van der Waals surface area contributed by atoms with E-state index in [1.165, 1.54) is 0 Å². The Labute approximate surface area is 130 Å². The Morgan fingerprint density at radius 1 is 1.38 bits per heavy atom. The second-order valence-corrected chi connectivity index (χ2v) is 5.82. The molecule has 1 aromatic carbocycles. The average Bonchev–Trinajstić information content (AvgIpc) is 2.50. The molecular weight excluding hydrogens is 290 g/mol. The third-order valence-corrected chi connectivity index (χ3v) is 4.25. The van der Waals surface area contributed by atoms with Gasteiger partial charge in [0.1, 0.15) is 0 Å². The van der Waals surface area contributed by atoms with E-state index >= 15 is 0 Å². The molecule has 4 nitrogen and oxygen atoms in total. The summed E-state index contributed by atoms with van der Waals surface area (Å²) >= 11 is 6.17. The fourth-order valence-corrected chi connectivity index (χ4v) is 2.91. The number of anilines is 1. The van der Waals surface area contributed by atoms with E-state index in [1.807, 2.05) is 19.1 Å². The molecule has 116 valence electrons. The Morgan fingerprint density at radius 2 is 2.10 bits per heavy atom. The third kappa shape index (κ3) is 4.35. The molecule has 0 aromatic heterocycles. The molecule has 0 spiro atoms. The number of benzene rings is 1. The molecule has 2 N–H and O–H groups in total. The summed E-state index contributed by atoms with van der Waals surface area (Å²) in [5.74, 6) is -0.0430. The summed E-state index contributed by atoms with van der Waals surface area (Å²) in [6.45, 7) is 2.28. The van der Waals surface area contributed by atoms with E-state index in [-0.39, 0.29) is 18.5 Å². The first-order valence-electron chi connectivity index (χ1n) is 7.46. The van der Waals surface area contributed by atoms with Crippen molar-refractivity contribution in [3.63, 3.8) is 0 Å². The van der Waals surface area contributed by atoms with Crippen molar-refractivity contribution in [2.75, 3.05) is 11.9 Å². The number of carbonyl (C=O) groups is 1. The topological polar surface area (TPSA) is 58.6 Å². The van der Waals surface area contributed by atoms with Gasteiger partial charge in [-0.3, -0.25) is 4.79 Å². The Morgan fingerprint density at radius 3 is 2.71 bits per heavy atom. The summed E-state index contributed by atoms with van der Waals surface area (Å²) in [7, 11) is 0. The van der Waals surface area contributed by atoms with Gasteiger partial charge in [-0.25, -0.2) is 0 Å². The van der Waals surface area contributed by atoms with Gasteiger partial charge < -0.3 is 15.2 Å². The number of nitrogens with one attached hydrogen (secondary N) is 1. The van der Waals surface area contributed by atoms with Gasteiger partial charge in [0.25, 0.3) is 0 Å². The van der Waals surface area contributed by atoms with Crippen LogP contribution in [-0.4, -0.2) is 23.7 Å². The van der Waals surface area contributed by atoms with E-state index in [0.29, 0.717) is 17.7 Å². The van der Waals surface area contributed by atoms with Crippen LogP contribution in [0.25, 0.3) is 0 Å². The highest BCUT2D eigenvalue weighted by Gasteiger charge is 2.27. The highest BCUT2D eigenvalue weighted by molar-refractivity contribution is 6.33. The molecule has 1 fully saturated rings. The zero-order valence-corrected chi connectivity index (χ0v) is 13.0. The Hall–Kier alpha value is -1.26. The highest BCUT2D eigenvalue weighted by atomic mass is 35.5. The monoisotopic (exact) mass is 311 g/mol. The van der Waals surface area contributed by atoms with E-state index < -0.39 is 0 Å². The predicted molar refractivity (Wildman–Crippen MR) is 83.4 cm³/mol. The highest BCUT2D eigenvalue weighted by Crippen LogP contribution is 2.30. The van der Waals surface area contributed by atoms with Crippen LogP contribution in [0.4, 0.5) is 5.69 Å². The lowest BCUT2D eigenvalue weighted by molar-refractivity contribution is -0.149. The number of carbonyl (C=O) groups excluding carboxylic acids is 1. The minimum atomic E-state index is -0.0729. The van der Waals surface area contributed by atoms with Crippen LogP contribution in [0.1, 0.15) is 38.2 Å². The first kappa shape index (κ1) is 16.1. The van der Waals surface area contributed by atoms with E-state index in [2.05, 4.69) is 5.32 Å². The zero-order chi connectivity index (χ0) is 15.2. The van der Waals surface area contributed by atoms with Gasteiger partial charge in [0, 0.05) is 6.04 Å². The Balaban J connectivity index is 1.90. The lowest BCUT2D eigenvalue weighted by Crippen LogP contribution is -2.30. The van der Waals surface area contributed by atoms with Crippen LogP contribution in [0.15, 0.2) is 18.2 Å². The van der Waals surface area contributed by atoms with Crippen molar-refractivity contribution in [2.24, 2.45) is 5.92 Å². The normalized spacial score (nSPS) is 21.9. The average molecular weight is 312 g/mol. The van der Waals surface area contributed by atoms with Crippen molar-refractivity contribution in [1.29, 1.82) is 0 Å². The second kappa shape index (κ2) is 7.66. The SMILES string of the molecule is CCOC(=O)C1CCC(Nc2cc(CO)ccc2Cl)CC1. The van der Waals surface area contributed by atoms with Crippen molar-refractivity contribution in [1.82, 2.24) is 0 Å². The molecule has 0 atom stereocenters. The maximum atomic E-state index is 11.7. The smallest absolute Gasteiger partial charge is 0.308 e. The summed E-state index contributed by atoms with van der Waals surface area (Å²) in [6, 6.07) is 5.78. The quantitative estimate of drug-likeness (QED) is 0.819. The number of aliphatic hydroxyl groups excluding tert-OH is 1. The summed E-state index contributed by atoms with van der Waals surface area (Å²) in [4.78, 5) is 11.7. The molecule has 1 saturated carbocycles. The molecule has 2 rings (SSSR count). The molecule has 0 amide bonds. The third-order valence-electron chi connectivity index (χ3n) is 3.92. The molecule has 0 unspecified atom stereocenters. The lowest BCUT2D eigenvalue weighted by Gasteiger charge is -2.29. The van der Waals surface area contributed by atoms with Crippen LogP contribution in [0, 0.1) is 5.92 Å². The minimum Gasteiger partial charge on any atom is -0.466 e. The molecule has 0 radical (unpaired) electrons. The Kier molecular flexibility index (Phi) is 5.88. The number of hydrogen-bond acceptors (Lipinski definition) is 4. The van der Waals surface area contributed by atoms with E-state index in [9.17, 15) is 9.90 Å². The summed E-state index contributed by atoms with van der Waals surface area (Å²) in [5, 5.41) is 13.3. The number of hydrogen-bond donors (Lipinski definition) is 2.